The fourth-order valence-electron chi connectivity index (χ4n) is 6.04. The third-order valence-corrected chi connectivity index (χ3v) is 14.4. The molecule has 0 saturated heterocycles. The Kier molecular flexibility index (Phi) is 27.8. The predicted molar refractivity (Wildman–Crippen MR) is 193 cm³/mol. The van der Waals surface area contributed by atoms with Crippen LogP contribution in [0, 0.1) is 0 Å². The normalized spacial score (nSPS) is 11.8. The summed E-state index contributed by atoms with van der Waals surface area (Å²) >= 11 is 0. The van der Waals surface area contributed by atoms with Gasteiger partial charge in [0.25, 0.3) is 0 Å². The summed E-state index contributed by atoms with van der Waals surface area (Å²) < 4.78 is 0. The van der Waals surface area contributed by atoms with E-state index in [1.807, 2.05) is 10.6 Å². The fourth-order valence-corrected chi connectivity index (χ4v) is 12.1. The van der Waals surface area contributed by atoms with Crippen LogP contribution < -0.4 is 10.6 Å². The summed E-state index contributed by atoms with van der Waals surface area (Å²) in [4.78, 5) is 0. The molecule has 0 fully saturated rings. The zero-order chi connectivity index (χ0) is 28.9. The van der Waals surface area contributed by atoms with E-state index in [0.717, 1.165) is 0 Å². The molecule has 0 unspecified atom stereocenters. The van der Waals surface area contributed by atoms with Crippen LogP contribution in [0.1, 0.15) is 182 Å². The van der Waals surface area contributed by atoms with Gasteiger partial charge >= 0.3 is 0 Å². The largest absolute Gasteiger partial charge is 0.0746 e. The lowest BCUT2D eigenvalue weighted by molar-refractivity contribution is 0.622. The summed E-state index contributed by atoms with van der Waals surface area (Å²) in [6.45, 7) is 9.35. The molecule has 1 aromatic rings. The number of hydrogen-bond donors (Lipinski definition) is 0. The fraction of sp³-hybridized carbons (Fsp3) is 0.842. The third-order valence-electron chi connectivity index (χ3n) is 8.69. The predicted octanol–water partition coefficient (Wildman–Crippen LogP) is 13.3. The van der Waals surface area contributed by atoms with Crippen LogP contribution in [-0.2, 0) is 0 Å². The lowest BCUT2D eigenvalue weighted by Gasteiger charge is -2.27. The van der Waals surface area contributed by atoms with E-state index in [1.54, 1.807) is 0 Å². The van der Waals surface area contributed by atoms with Gasteiger partial charge in [-0.3, -0.25) is 0 Å². The summed E-state index contributed by atoms with van der Waals surface area (Å²) in [5, 5.41) is 3.70. The van der Waals surface area contributed by atoms with E-state index in [1.165, 1.54) is 179 Å². The second-order valence-electron chi connectivity index (χ2n) is 12.5. The van der Waals surface area contributed by atoms with Crippen LogP contribution in [0.3, 0.4) is 0 Å². The Bertz CT molecular complexity index is 555. The first-order valence-electron chi connectivity index (χ1n) is 18.4. The van der Waals surface area contributed by atoms with Gasteiger partial charge in [0.05, 0.1) is 0 Å². The van der Waals surface area contributed by atoms with Crippen molar-refractivity contribution in [1.29, 1.82) is 0 Å². The van der Waals surface area contributed by atoms with Crippen molar-refractivity contribution in [1.82, 2.24) is 0 Å². The molecule has 0 aliphatic heterocycles. The molecule has 40 heavy (non-hydrogen) atoms. The van der Waals surface area contributed by atoms with Gasteiger partial charge in [0, 0.05) is 0 Å². The van der Waals surface area contributed by atoms with Gasteiger partial charge in [-0.1, -0.05) is 196 Å². The molecule has 234 valence electrons. The molecule has 0 saturated carbocycles. The molecule has 0 heterocycles. The summed E-state index contributed by atoms with van der Waals surface area (Å²) in [7, 11) is 0.00982. The highest BCUT2D eigenvalue weighted by atomic mass is 31.1. The summed E-state index contributed by atoms with van der Waals surface area (Å²) in [6.07, 6.45) is 40.4. The lowest BCUT2D eigenvalue weighted by atomic mass is 10.1. The van der Waals surface area contributed by atoms with Crippen molar-refractivity contribution in [3.05, 3.63) is 24.3 Å². The Balaban J connectivity index is 2.90. The van der Waals surface area contributed by atoms with E-state index in [0.29, 0.717) is 0 Å². The van der Waals surface area contributed by atoms with Crippen molar-refractivity contribution >= 4 is 26.5 Å². The molecule has 0 bridgehead atoms. The number of benzene rings is 1. The molecule has 0 N–H and O–H groups in total. The average Bonchev–Trinajstić information content (AvgIpc) is 2.98. The molecule has 0 aliphatic carbocycles. The van der Waals surface area contributed by atoms with Gasteiger partial charge < -0.3 is 0 Å². The summed E-state index contributed by atoms with van der Waals surface area (Å²) in [6, 6.07) is 9.99. The van der Waals surface area contributed by atoms with Crippen LogP contribution in [-0.4, -0.2) is 24.6 Å². The minimum atomic E-state index is 0.00491. The number of hydrogen-bond acceptors (Lipinski definition) is 0. The van der Waals surface area contributed by atoms with Crippen molar-refractivity contribution in [2.24, 2.45) is 0 Å². The van der Waals surface area contributed by atoms with E-state index in [-0.39, 0.29) is 15.8 Å². The zero-order valence-corrected chi connectivity index (χ0v) is 29.8. The zero-order valence-electron chi connectivity index (χ0n) is 28.0. The lowest BCUT2D eigenvalue weighted by Crippen LogP contribution is -2.25. The molecule has 0 radical (unpaired) electrons. The van der Waals surface area contributed by atoms with Crippen molar-refractivity contribution < 1.29 is 0 Å². The van der Waals surface area contributed by atoms with Gasteiger partial charge in [0.1, 0.15) is 0 Å². The molecule has 0 amide bonds. The quantitative estimate of drug-likeness (QED) is 0.0617. The molecule has 1 aromatic carbocycles. The Morgan fingerprint density at radius 2 is 0.550 bits per heavy atom. The van der Waals surface area contributed by atoms with Crippen LogP contribution in [0.5, 0.6) is 0 Å². The highest BCUT2D eigenvalue weighted by Crippen LogP contribution is 2.43. The molecule has 0 aromatic heterocycles. The van der Waals surface area contributed by atoms with E-state index < -0.39 is 0 Å². The molecule has 1 rings (SSSR count). The van der Waals surface area contributed by atoms with Gasteiger partial charge in [-0.15, -0.1) is 0 Å². The maximum Gasteiger partial charge on any atom is -0.0164 e. The van der Waals surface area contributed by atoms with Gasteiger partial charge in [-0.2, -0.15) is 0 Å². The van der Waals surface area contributed by atoms with E-state index in [2.05, 4.69) is 52.0 Å². The van der Waals surface area contributed by atoms with Crippen molar-refractivity contribution in [2.45, 2.75) is 182 Å². The van der Waals surface area contributed by atoms with E-state index in [4.69, 9.17) is 0 Å². The summed E-state index contributed by atoms with van der Waals surface area (Å²) in [5.74, 6) is 0. The smallest absolute Gasteiger partial charge is 0.0164 e. The second-order valence-corrected chi connectivity index (χ2v) is 17.4. The van der Waals surface area contributed by atoms with Gasteiger partial charge in [-0.05, 0) is 60.9 Å². The van der Waals surface area contributed by atoms with Crippen LogP contribution in [0.2, 0.25) is 0 Å². The molecular formula is C38H72P2. The highest BCUT2D eigenvalue weighted by Gasteiger charge is 2.20. The minimum absolute atomic E-state index is 0.00491. The Morgan fingerprint density at radius 1 is 0.325 bits per heavy atom. The SMILES string of the molecule is CCCCCCCCP(CCCCCCCC)c1ccccc1P(CCCCCCCC)CCCCCCCC. The molecule has 0 atom stereocenters. The van der Waals surface area contributed by atoms with E-state index in [9.17, 15) is 0 Å². The maximum atomic E-state index is 2.60. The monoisotopic (exact) mass is 591 g/mol. The van der Waals surface area contributed by atoms with Crippen molar-refractivity contribution in [3.63, 3.8) is 0 Å². The van der Waals surface area contributed by atoms with Crippen LogP contribution >= 0.6 is 15.8 Å². The molecule has 0 spiro atoms. The molecule has 2 heteroatoms. The molecule has 0 nitrogen and oxygen atoms in total. The maximum absolute atomic E-state index is 2.60. The van der Waals surface area contributed by atoms with Crippen molar-refractivity contribution in [2.75, 3.05) is 24.6 Å². The number of unbranched alkanes of at least 4 members (excludes halogenated alkanes) is 20. The van der Waals surface area contributed by atoms with Crippen molar-refractivity contribution in [3.8, 4) is 0 Å². The summed E-state index contributed by atoms with van der Waals surface area (Å²) in [5.41, 5.74) is 0. The second kappa shape index (κ2) is 29.2. The molecular weight excluding hydrogens is 518 g/mol. The Hall–Kier alpha value is 0.0800. The van der Waals surface area contributed by atoms with E-state index >= 15 is 0 Å². The van der Waals surface area contributed by atoms with Gasteiger partial charge in [0.15, 0.2) is 0 Å². The standard InChI is InChI=1S/C38H72P2/c1-5-9-13-17-21-27-33-39(34-28-22-18-14-10-6-2)37-31-25-26-32-38(37)40(35-29-23-19-15-11-7-3)36-30-24-20-16-12-8-4/h25-26,31-32H,5-24,27-30,33-36H2,1-4H3. The topological polar surface area (TPSA) is 0 Å². The first kappa shape index (κ1) is 38.1. The van der Waals surface area contributed by atoms with Crippen LogP contribution in [0.15, 0.2) is 24.3 Å². The minimum Gasteiger partial charge on any atom is -0.0746 e. The highest BCUT2D eigenvalue weighted by molar-refractivity contribution is 7.72. The first-order valence-corrected chi connectivity index (χ1v) is 21.8. The van der Waals surface area contributed by atoms with Gasteiger partial charge in [-0.25, -0.2) is 0 Å². The third kappa shape index (κ3) is 20.1. The van der Waals surface area contributed by atoms with Gasteiger partial charge in [0.2, 0.25) is 0 Å². The average molecular weight is 591 g/mol. The number of rotatable bonds is 30. The first-order chi connectivity index (χ1) is 19.8. The van der Waals surface area contributed by atoms with Crippen LogP contribution in [0.4, 0.5) is 0 Å². The Labute approximate surface area is 256 Å². The van der Waals surface area contributed by atoms with Crippen LogP contribution in [0.25, 0.3) is 0 Å². The molecule has 0 aliphatic rings. The Morgan fingerprint density at radius 3 is 0.800 bits per heavy atom.